The lowest BCUT2D eigenvalue weighted by Gasteiger charge is -2.41. The van der Waals surface area contributed by atoms with Crippen LogP contribution in [0.1, 0.15) is 65.5 Å². The van der Waals surface area contributed by atoms with Crippen LogP contribution in [-0.4, -0.2) is 27.1 Å². The second-order valence-electron chi connectivity index (χ2n) is 8.29. The van der Waals surface area contributed by atoms with E-state index in [4.69, 9.17) is 0 Å². The molecule has 0 radical (unpaired) electrons. The predicted molar refractivity (Wildman–Crippen MR) is 90.3 cm³/mol. The summed E-state index contributed by atoms with van der Waals surface area (Å²) in [6, 6.07) is 0. The van der Waals surface area contributed by atoms with Gasteiger partial charge in [0, 0.05) is 18.5 Å². The summed E-state index contributed by atoms with van der Waals surface area (Å²) in [6.07, 6.45) is 3.75. The number of aromatic nitrogens is 3. The molecule has 1 heterocycles. The Balaban J connectivity index is 2.22. The van der Waals surface area contributed by atoms with Crippen molar-refractivity contribution in [2.75, 3.05) is 6.54 Å². The molecule has 1 fully saturated rings. The molecule has 5 heteroatoms. The van der Waals surface area contributed by atoms with Crippen molar-refractivity contribution in [3.8, 4) is 0 Å². The molecular formula is C16H29BrN4. The van der Waals surface area contributed by atoms with E-state index in [1.165, 1.54) is 25.0 Å². The zero-order valence-electron chi connectivity index (χ0n) is 14.2. The van der Waals surface area contributed by atoms with Gasteiger partial charge < -0.3 is 5.32 Å². The molecule has 0 amide bonds. The van der Waals surface area contributed by atoms with Crippen molar-refractivity contribution >= 4 is 15.9 Å². The van der Waals surface area contributed by atoms with Crippen LogP contribution in [0.15, 0.2) is 4.60 Å². The summed E-state index contributed by atoms with van der Waals surface area (Å²) in [5.41, 5.74) is 1.81. The smallest absolute Gasteiger partial charge is 0.151 e. The van der Waals surface area contributed by atoms with Gasteiger partial charge in [-0.3, -0.25) is 4.68 Å². The summed E-state index contributed by atoms with van der Waals surface area (Å²) in [6.45, 7) is 12.5. The van der Waals surface area contributed by atoms with Crippen LogP contribution >= 0.6 is 15.9 Å². The van der Waals surface area contributed by atoms with Crippen LogP contribution in [0.2, 0.25) is 0 Å². The lowest BCUT2D eigenvalue weighted by Crippen LogP contribution is -2.42. The minimum atomic E-state index is 0.166. The van der Waals surface area contributed by atoms with Gasteiger partial charge in [-0.1, -0.05) is 19.1 Å². The van der Waals surface area contributed by atoms with Crippen LogP contribution in [0.3, 0.4) is 0 Å². The molecule has 0 spiro atoms. The average Bonchev–Trinajstić information content (AvgIpc) is 2.65. The normalized spacial score (nSPS) is 26.0. The molecule has 2 unspecified atom stereocenters. The molecule has 0 saturated heterocycles. The topological polar surface area (TPSA) is 42.7 Å². The highest BCUT2D eigenvalue weighted by Crippen LogP contribution is 2.47. The third-order valence-electron chi connectivity index (χ3n) is 4.61. The molecule has 1 N–H and O–H groups in total. The Morgan fingerprint density at radius 2 is 2.05 bits per heavy atom. The van der Waals surface area contributed by atoms with Gasteiger partial charge in [0.05, 0.1) is 5.69 Å². The van der Waals surface area contributed by atoms with Gasteiger partial charge in [-0.15, -0.1) is 5.10 Å². The van der Waals surface area contributed by atoms with E-state index < -0.39 is 0 Å². The molecule has 21 heavy (non-hydrogen) atoms. The number of rotatable bonds is 3. The van der Waals surface area contributed by atoms with Crippen molar-refractivity contribution in [2.24, 2.45) is 18.4 Å². The number of halogens is 1. The van der Waals surface area contributed by atoms with Crippen molar-refractivity contribution < 1.29 is 0 Å². The van der Waals surface area contributed by atoms with E-state index in [0.717, 1.165) is 11.1 Å². The number of hydrogen-bond donors (Lipinski definition) is 1. The highest BCUT2D eigenvalue weighted by Gasteiger charge is 2.38. The van der Waals surface area contributed by atoms with Crippen molar-refractivity contribution in [1.82, 2.24) is 20.3 Å². The van der Waals surface area contributed by atoms with Crippen LogP contribution in [0.25, 0.3) is 0 Å². The maximum atomic E-state index is 4.19. The van der Waals surface area contributed by atoms with Gasteiger partial charge in [-0.25, -0.2) is 0 Å². The summed E-state index contributed by atoms with van der Waals surface area (Å²) >= 11 is 3.59. The van der Waals surface area contributed by atoms with E-state index in [0.29, 0.717) is 17.3 Å². The lowest BCUT2D eigenvalue weighted by atomic mass is 9.66. The molecule has 1 aromatic heterocycles. The van der Waals surface area contributed by atoms with Crippen molar-refractivity contribution in [3.05, 3.63) is 10.3 Å². The zero-order chi connectivity index (χ0) is 15.8. The monoisotopic (exact) mass is 356 g/mol. The zero-order valence-corrected chi connectivity index (χ0v) is 15.8. The first-order valence-corrected chi connectivity index (χ1v) is 8.68. The molecular weight excluding hydrogens is 328 g/mol. The minimum Gasteiger partial charge on any atom is -0.312 e. The fraction of sp³-hybridized carbons (Fsp3) is 0.875. The quantitative estimate of drug-likeness (QED) is 0.893. The Bertz CT molecular complexity index is 467. The predicted octanol–water partition coefficient (Wildman–Crippen LogP) is 3.88. The van der Waals surface area contributed by atoms with Crippen LogP contribution in [0, 0.1) is 11.3 Å². The third kappa shape index (κ3) is 4.28. The summed E-state index contributed by atoms with van der Waals surface area (Å²) in [7, 11) is 2.00. The average molecular weight is 357 g/mol. The summed E-state index contributed by atoms with van der Waals surface area (Å²) in [4.78, 5) is 0. The molecule has 1 saturated carbocycles. The fourth-order valence-electron chi connectivity index (χ4n) is 3.38. The van der Waals surface area contributed by atoms with Gasteiger partial charge in [0.25, 0.3) is 0 Å². The van der Waals surface area contributed by atoms with Crippen molar-refractivity contribution in [3.63, 3.8) is 0 Å². The van der Waals surface area contributed by atoms with Gasteiger partial charge in [0.1, 0.15) is 0 Å². The van der Waals surface area contributed by atoms with Crippen LogP contribution in [0.5, 0.6) is 0 Å². The van der Waals surface area contributed by atoms with E-state index in [1.54, 1.807) is 0 Å². The summed E-state index contributed by atoms with van der Waals surface area (Å²) < 4.78 is 2.86. The van der Waals surface area contributed by atoms with Crippen molar-refractivity contribution in [1.29, 1.82) is 0 Å². The Labute approximate surface area is 137 Å². The van der Waals surface area contributed by atoms with Gasteiger partial charge in [-0.2, -0.15) is 0 Å². The van der Waals surface area contributed by atoms with Gasteiger partial charge in [0.2, 0.25) is 0 Å². The molecule has 120 valence electrons. The second-order valence-corrected chi connectivity index (χ2v) is 9.04. The number of hydrogen-bond acceptors (Lipinski definition) is 3. The standard InChI is InChI=1S/C16H29BrN4/c1-15(2,3)18-10-11-7-8-16(4,5)9-12(11)13-14(17)19-20-21(13)6/h11-12,18H,7-10H2,1-6H3. The Morgan fingerprint density at radius 3 is 2.57 bits per heavy atom. The van der Waals surface area contributed by atoms with Gasteiger partial charge in [0.15, 0.2) is 4.60 Å². The minimum absolute atomic E-state index is 0.166. The van der Waals surface area contributed by atoms with E-state index in [9.17, 15) is 0 Å². The highest BCUT2D eigenvalue weighted by atomic mass is 79.9. The van der Waals surface area contributed by atoms with E-state index in [1.807, 2.05) is 11.7 Å². The summed E-state index contributed by atoms with van der Waals surface area (Å²) in [5.74, 6) is 1.16. The summed E-state index contributed by atoms with van der Waals surface area (Å²) in [5, 5.41) is 12.1. The lowest BCUT2D eigenvalue weighted by molar-refractivity contribution is 0.149. The van der Waals surface area contributed by atoms with Gasteiger partial charge in [-0.05, 0) is 73.8 Å². The molecule has 1 aliphatic carbocycles. The molecule has 2 rings (SSSR count). The highest BCUT2D eigenvalue weighted by molar-refractivity contribution is 9.10. The first-order chi connectivity index (χ1) is 9.59. The van der Waals surface area contributed by atoms with Gasteiger partial charge >= 0.3 is 0 Å². The van der Waals surface area contributed by atoms with Crippen molar-refractivity contribution in [2.45, 2.75) is 65.3 Å². The molecule has 0 bridgehead atoms. The van der Waals surface area contributed by atoms with Crippen LogP contribution < -0.4 is 5.32 Å². The van der Waals surface area contributed by atoms with Crippen LogP contribution in [-0.2, 0) is 7.05 Å². The molecule has 2 atom stereocenters. The Kier molecular flexibility index (Phi) is 4.84. The maximum absolute atomic E-state index is 4.19. The van der Waals surface area contributed by atoms with E-state index in [2.05, 4.69) is 66.2 Å². The largest absolute Gasteiger partial charge is 0.312 e. The SMILES string of the molecule is Cn1nnc(Br)c1C1CC(C)(C)CCC1CNC(C)(C)C. The number of nitrogens with one attached hydrogen (secondary N) is 1. The fourth-order valence-corrected chi connectivity index (χ4v) is 4.00. The molecule has 1 aromatic rings. The maximum Gasteiger partial charge on any atom is 0.151 e. The first kappa shape index (κ1) is 16.9. The number of nitrogens with zero attached hydrogens (tertiary/aromatic N) is 3. The van der Waals surface area contributed by atoms with E-state index in [-0.39, 0.29) is 5.54 Å². The molecule has 0 aliphatic heterocycles. The Hall–Kier alpha value is -0.420. The first-order valence-electron chi connectivity index (χ1n) is 7.89. The molecule has 0 aromatic carbocycles. The van der Waals surface area contributed by atoms with E-state index >= 15 is 0 Å². The Morgan fingerprint density at radius 1 is 1.38 bits per heavy atom. The second kappa shape index (κ2) is 5.99. The molecule has 1 aliphatic rings. The molecule has 4 nitrogen and oxygen atoms in total. The number of aryl methyl sites for hydroxylation is 1. The third-order valence-corrected chi connectivity index (χ3v) is 5.17. The van der Waals surface area contributed by atoms with Crippen LogP contribution in [0.4, 0.5) is 0 Å².